The zero-order valence-corrected chi connectivity index (χ0v) is 15.0. The Morgan fingerprint density at radius 2 is 1.73 bits per heavy atom. The molecule has 0 unspecified atom stereocenters. The van der Waals surface area contributed by atoms with Gasteiger partial charge in [0.2, 0.25) is 11.8 Å². The summed E-state index contributed by atoms with van der Waals surface area (Å²) < 4.78 is 0. The lowest BCUT2D eigenvalue weighted by Crippen LogP contribution is -2.44. The normalized spacial score (nSPS) is 16.1. The Bertz CT molecular complexity index is 503. The number of piperidine rings is 1. The monoisotopic (exact) mass is 371 g/mol. The van der Waals surface area contributed by atoms with Crippen LogP contribution >= 0.6 is 0 Å². The van der Waals surface area contributed by atoms with E-state index in [1.807, 2.05) is 0 Å². The van der Waals surface area contributed by atoms with Gasteiger partial charge in [-0.25, -0.2) is 4.79 Å². The van der Waals surface area contributed by atoms with Crippen LogP contribution < -0.4 is 11.1 Å². The van der Waals surface area contributed by atoms with Crippen LogP contribution in [0.1, 0.15) is 51.4 Å². The molecule has 0 spiro atoms. The molecule has 1 heterocycles. The fraction of sp³-hybridized carbons (Fsp3) is 0.765. The Morgan fingerprint density at radius 1 is 1.08 bits per heavy atom. The topological polar surface area (TPSA) is 150 Å². The van der Waals surface area contributed by atoms with Gasteiger partial charge in [-0.1, -0.05) is 6.42 Å². The lowest BCUT2D eigenvalue weighted by molar-refractivity contribution is -0.147. The summed E-state index contributed by atoms with van der Waals surface area (Å²) in [7, 11) is 0. The smallest absolute Gasteiger partial charge is 0.326 e. The number of nitrogens with two attached hydrogens (primary N) is 1. The number of hydrogen-bond acceptors (Lipinski definition) is 5. The second-order valence-electron chi connectivity index (χ2n) is 6.68. The number of nitrogens with zero attached hydrogens (tertiary/aromatic N) is 1. The number of aliphatic carboxylic acids is 2. The standard InChI is InChI=1S/C17H29N3O6/c18-7-3-1-2-4-15(22)20-8-5-12(6-9-20)10-14(21)19-13(17(25)26)11-16(23)24/h12-13H,1-11,18H2,(H,19,21)(H,23,24)(H,25,26)/t13-/m0/s1. The number of carbonyl (C=O) groups is 4. The van der Waals surface area contributed by atoms with Crippen LogP contribution in [0.25, 0.3) is 0 Å². The van der Waals surface area contributed by atoms with Crippen LogP contribution in [0.2, 0.25) is 0 Å². The SMILES string of the molecule is NCCCCCC(=O)N1CCC(CC(=O)N[C@@H](CC(=O)O)C(=O)O)CC1. The molecule has 0 aliphatic carbocycles. The molecule has 1 atom stereocenters. The van der Waals surface area contributed by atoms with E-state index in [4.69, 9.17) is 15.9 Å². The molecule has 1 aliphatic heterocycles. The summed E-state index contributed by atoms with van der Waals surface area (Å²) in [6, 6.07) is -1.42. The van der Waals surface area contributed by atoms with Crippen molar-refractivity contribution in [1.29, 1.82) is 0 Å². The third-order valence-corrected chi connectivity index (χ3v) is 4.55. The van der Waals surface area contributed by atoms with Gasteiger partial charge in [0, 0.05) is 25.9 Å². The highest BCUT2D eigenvalue weighted by Crippen LogP contribution is 2.21. The maximum atomic E-state index is 12.1. The molecular weight excluding hydrogens is 342 g/mol. The molecule has 2 amide bonds. The van der Waals surface area contributed by atoms with Crippen LogP contribution in [0.4, 0.5) is 0 Å². The number of carbonyl (C=O) groups excluding carboxylic acids is 2. The van der Waals surface area contributed by atoms with Gasteiger partial charge >= 0.3 is 11.9 Å². The predicted molar refractivity (Wildman–Crippen MR) is 93.3 cm³/mol. The van der Waals surface area contributed by atoms with E-state index in [1.54, 1.807) is 4.90 Å². The first-order valence-electron chi connectivity index (χ1n) is 9.05. The molecule has 0 bridgehead atoms. The number of unbranched alkanes of at least 4 members (excludes halogenated alkanes) is 2. The van der Waals surface area contributed by atoms with E-state index in [9.17, 15) is 19.2 Å². The Hall–Kier alpha value is -2.16. The number of carboxylic acid groups (broad SMARTS) is 2. The molecule has 26 heavy (non-hydrogen) atoms. The van der Waals surface area contributed by atoms with Gasteiger partial charge in [0.15, 0.2) is 0 Å². The molecule has 9 heteroatoms. The molecule has 1 rings (SSSR count). The van der Waals surface area contributed by atoms with Gasteiger partial charge in [0.05, 0.1) is 6.42 Å². The van der Waals surface area contributed by atoms with Crippen molar-refractivity contribution in [3.05, 3.63) is 0 Å². The van der Waals surface area contributed by atoms with E-state index < -0.39 is 30.3 Å². The summed E-state index contributed by atoms with van der Waals surface area (Å²) in [5.74, 6) is -2.93. The van der Waals surface area contributed by atoms with Crippen molar-refractivity contribution >= 4 is 23.8 Å². The highest BCUT2D eigenvalue weighted by atomic mass is 16.4. The molecule has 9 nitrogen and oxygen atoms in total. The van der Waals surface area contributed by atoms with Crippen molar-refractivity contribution in [2.75, 3.05) is 19.6 Å². The van der Waals surface area contributed by atoms with Gasteiger partial charge in [-0.15, -0.1) is 0 Å². The molecule has 1 aliphatic rings. The van der Waals surface area contributed by atoms with Crippen LogP contribution in [0.3, 0.4) is 0 Å². The molecule has 0 saturated carbocycles. The lowest BCUT2D eigenvalue weighted by Gasteiger charge is -2.32. The van der Waals surface area contributed by atoms with E-state index in [0.717, 1.165) is 19.3 Å². The number of hydrogen-bond donors (Lipinski definition) is 4. The average molecular weight is 371 g/mol. The first-order valence-corrected chi connectivity index (χ1v) is 9.05. The quantitative estimate of drug-likeness (QED) is 0.378. The van der Waals surface area contributed by atoms with Crippen molar-refractivity contribution in [3.63, 3.8) is 0 Å². The number of amides is 2. The first-order chi connectivity index (χ1) is 12.3. The van der Waals surface area contributed by atoms with Crippen molar-refractivity contribution < 1.29 is 29.4 Å². The Morgan fingerprint density at radius 3 is 2.27 bits per heavy atom. The van der Waals surface area contributed by atoms with Gasteiger partial charge in [-0.3, -0.25) is 14.4 Å². The van der Waals surface area contributed by atoms with Gasteiger partial charge in [-0.2, -0.15) is 0 Å². The van der Waals surface area contributed by atoms with Crippen LogP contribution in [0.15, 0.2) is 0 Å². The summed E-state index contributed by atoms with van der Waals surface area (Å²) >= 11 is 0. The maximum Gasteiger partial charge on any atom is 0.326 e. The zero-order valence-electron chi connectivity index (χ0n) is 15.0. The van der Waals surface area contributed by atoms with Gasteiger partial charge in [0.1, 0.15) is 6.04 Å². The molecule has 1 fully saturated rings. The Balaban J connectivity index is 2.32. The average Bonchev–Trinajstić information content (AvgIpc) is 2.58. The molecule has 0 aromatic rings. The van der Waals surface area contributed by atoms with E-state index >= 15 is 0 Å². The highest BCUT2D eigenvalue weighted by molar-refractivity contribution is 5.86. The minimum Gasteiger partial charge on any atom is -0.481 e. The first kappa shape index (κ1) is 21.9. The Labute approximate surface area is 152 Å². The third-order valence-electron chi connectivity index (χ3n) is 4.55. The summed E-state index contributed by atoms with van der Waals surface area (Å²) in [6.45, 7) is 1.81. The molecule has 0 aromatic heterocycles. The molecule has 0 aromatic carbocycles. The highest BCUT2D eigenvalue weighted by Gasteiger charge is 2.27. The summed E-state index contributed by atoms with van der Waals surface area (Å²) in [4.78, 5) is 47.5. The summed E-state index contributed by atoms with van der Waals surface area (Å²) in [5, 5.41) is 19.9. The van der Waals surface area contributed by atoms with Crippen molar-refractivity contribution in [2.24, 2.45) is 11.7 Å². The summed E-state index contributed by atoms with van der Waals surface area (Å²) in [5.41, 5.74) is 5.42. The van der Waals surface area contributed by atoms with Crippen LogP contribution in [-0.4, -0.2) is 64.5 Å². The third kappa shape index (κ3) is 8.28. The number of likely N-dealkylation sites (tertiary alicyclic amines) is 1. The second-order valence-corrected chi connectivity index (χ2v) is 6.68. The van der Waals surface area contributed by atoms with Crippen molar-refractivity contribution in [2.45, 2.75) is 57.4 Å². The maximum absolute atomic E-state index is 12.1. The fourth-order valence-electron chi connectivity index (χ4n) is 3.03. The summed E-state index contributed by atoms with van der Waals surface area (Å²) in [6.07, 6.45) is 4.06. The van der Waals surface area contributed by atoms with Crippen LogP contribution in [0, 0.1) is 5.92 Å². The Kier molecular flexibility index (Phi) is 9.64. The molecular formula is C17H29N3O6. The minimum absolute atomic E-state index is 0.0653. The van der Waals surface area contributed by atoms with Crippen molar-refractivity contribution in [1.82, 2.24) is 10.2 Å². The van der Waals surface area contributed by atoms with E-state index in [2.05, 4.69) is 5.32 Å². The number of carboxylic acids is 2. The van der Waals surface area contributed by atoms with Crippen LogP contribution in [-0.2, 0) is 19.2 Å². The van der Waals surface area contributed by atoms with Gasteiger partial charge in [-0.05, 0) is 38.1 Å². The second kappa shape index (κ2) is 11.5. The molecule has 0 radical (unpaired) electrons. The van der Waals surface area contributed by atoms with Gasteiger partial charge < -0.3 is 26.2 Å². The van der Waals surface area contributed by atoms with Crippen LogP contribution in [0.5, 0.6) is 0 Å². The number of nitrogens with one attached hydrogen (secondary N) is 1. The van der Waals surface area contributed by atoms with Crippen molar-refractivity contribution in [3.8, 4) is 0 Å². The van der Waals surface area contributed by atoms with E-state index in [0.29, 0.717) is 38.9 Å². The van der Waals surface area contributed by atoms with E-state index in [-0.39, 0.29) is 18.2 Å². The van der Waals surface area contributed by atoms with E-state index in [1.165, 1.54) is 0 Å². The predicted octanol–water partition coefficient (Wildman–Crippen LogP) is 0.178. The fourth-order valence-corrected chi connectivity index (χ4v) is 3.03. The lowest BCUT2D eigenvalue weighted by atomic mass is 9.92. The molecule has 148 valence electrons. The molecule has 1 saturated heterocycles. The number of rotatable bonds is 11. The van der Waals surface area contributed by atoms with Gasteiger partial charge in [0.25, 0.3) is 0 Å². The minimum atomic E-state index is -1.42. The molecule has 5 N–H and O–H groups in total. The largest absolute Gasteiger partial charge is 0.481 e. The zero-order chi connectivity index (χ0) is 19.5.